The van der Waals surface area contributed by atoms with Gasteiger partial charge in [0.2, 0.25) is 0 Å². The number of hydrogen-bond acceptors (Lipinski definition) is 12. The van der Waals surface area contributed by atoms with Gasteiger partial charge in [0.15, 0.2) is 0 Å². The van der Waals surface area contributed by atoms with E-state index in [4.69, 9.17) is 45.5 Å². The summed E-state index contributed by atoms with van der Waals surface area (Å²) in [6, 6.07) is 0. The molecule has 0 fully saturated rings. The van der Waals surface area contributed by atoms with E-state index >= 15 is 0 Å². The Hall–Kier alpha value is 1.29. The molecule has 0 heterocycles. The van der Waals surface area contributed by atoms with Crippen LogP contribution in [0.25, 0.3) is 0 Å². The van der Waals surface area contributed by atoms with E-state index in [1.54, 1.807) is 0 Å². The van der Waals surface area contributed by atoms with Gasteiger partial charge in [-0.15, -0.1) is 0 Å². The molecule has 17 heavy (non-hydrogen) atoms. The molecule has 0 unspecified atom stereocenters. The van der Waals surface area contributed by atoms with Crippen molar-refractivity contribution in [3.05, 3.63) is 0 Å². The fraction of sp³-hybridized carbons (Fsp3) is 0. The molecule has 17 heteroatoms. The predicted octanol–water partition coefficient (Wildman–Crippen LogP) is -5.72. The first-order valence-electron chi connectivity index (χ1n) is 2.19. The zero-order chi connectivity index (χ0) is 14.3. The van der Waals surface area contributed by atoms with Crippen LogP contribution in [0.4, 0.5) is 0 Å². The second-order valence-electron chi connectivity index (χ2n) is 0.894. The molecule has 0 aromatic carbocycles. The Morgan fingerprint density at radius 3 is 0.412 bits per heavy atom. The molecule has 0 amide bonds. The Morgan fingerprint density at radius 1 is 0.412 bits per heavy atom. The van der Waals surface area contributed by atoms with Gasteiger partial charge in [-0.2, -0.15) is 0 Å². The Morgan fingerprint density at radius 2 is 0.412 bits per heavy atom. The van der Waals surface area contributed by atoms with Crippen molar-refractivity contribution in [3.8, 4) is 0 Å². The van der Waals surface area contributed by atoms with Crippen LogP contribution < -0.4 is 16.1 Å². The minimum atomic E-state index is -3.94. The molecule has 0 N–H and O–H groups in total. The van der Waals surface area contributed by atoms with Crippen LogP contribution in [0, 0.1) is 0 Å². The van der Waals surface area contributed by atoms with Gasteiger partial charge in [0.1, 0.15) is 0 Å². The van der Waals surface area contributed by atoms with Gasteiger partial charge in [-0.1, -0.05) is 0 Å². The average Bonchev–Trinajstić information content (AvgIpc) is 1.76. The van der Waals surface area contributed by atoms with E-state index in [9.17, 15) is 0 Å². The summed E-state index contributed by atoms with van der Waals surface area (Å²) in [5, 5.41) is 0. The van der Waals surface area contributed by atoms with Crippen LogP contribution >= 0.6 is 0 Å². The summed E-state index contributed by atoms with van der Waals surface area (Å²) < 4.78 is 103. The largest absolute Gasteiger partial charge is 4.00 e. The van der Waals surface area contributed by atoms with Crippen LogP contribution in [0.15, 0.2) is 0 Å². The van der Waals surface area contributed by atoms with Crippen LogP contribution in [0.5, 0.6) is 0 Å². The van der Waals surface area contributed by atoms with E-state index in [2.05, 4.69) is 0 Å². The molecule has 12 nitrogen and oxygen atoms in total. The fourth-order valence-corrected chi connectivity index (χ4v) is 0. The van der Waals surface area contributed by atoms with Crippen LogP contribution in [-0.4, -0.2) is 0 Å². The van der Waals surface area contributed by atoms with Gasteiger partial charge in [0, 0.05) is 0 Å². The van der Waals surface area contributed by atoms with Gasteiger partial charge in [-0.05, 0) is 0 Å². The standard InChI is InChI=1S/12O.Ti.4V/q;;;;;;;;4*-1;+4;;;;. The molecule has 0 atom stereocenters. The van der Waals surface area contributed by atoms with E-state index in [1.807, 2.05) is 0 Å². The molecule has 0 saturated heterocycles. The van der Waals surface area contributed by atoms with Crippen molar-refractivity contribution in [1.82, 2.24) is 0 Å². The molecule has 0 aliphatic rings. The van der Waals surface area contributed by atoms with Gasteiger partial charge in [0.25, 0.3) is 0 Å². The number of hydrogen-bond donors (Lipinski definition) is 0. The summed E-state index contributed by atoms with van der Waals surface area (Å²) in [4.78, 5) is 0. The SMILES string of the molecule is [O]=[V](=[O])[O-].[O]=[V](=[O])[O-].[O]=[V](=[O])[O-].[O]=[V](=[O])[O-].[Ti+4]. The molecule has 0 spiro atoms. The molecular weight excluding hydrogens is 444 g/mol. The topological polar surface area (TPSA) is 229 Å². The summed E-state index contributed by atoms with van der Waals surface area (Å²) in [6.45, 7) is 0. The summed E-state index contributed by atoms with van der Waals surface area (Å²) in [6.07, 6.45) is 0. The maximum atomic E-state index is 8.56. The van der Waals surface area contributed by atoms with Crippen molar-refractivity contribution < 1.29 is 129 Å². The normalized spacial score (nSPS) is 5.88. The summed E-state index contributed by atoms with van der Waals surface area (Å²) in [5.74, 6) is 0. The van der Waals surface area contributed by atoms with E-state index in [-0.39, 0.29) is 21.7 Å². The zero-order valence-electron chi connectivity index (χ0n) is 7.19. The third-order valence-electron chi connectivity index (χ3n) is 0. The second-order valence-corrected chi connectivity index (χ2v) is 3.69. The molecule has 0 aromatic rings. The van der Waals surface area contributed by atoms with Gasteiger partial charge in [-0.3, -0.25) is 0 Å². The summed E-state index contributed by atoms with van der Waals surface area (Å²) in [5.41, 5.74) is 0. The third kappa shape index (κ3) is 2420. The van der Waals surface area contributed by atoms with E-state index in [0.29, 0.717) is 0 Å². The first-order valence-corrected chi connectivity index (χ1v) is 9.03. The molecular formula is O12TiV4. The molecule has 0 aromatic heterocycles. The Bertz CT molecular complexity index is 292. The van der Waals surface area contributed by atoms with Crippen LogP contribution in [0.3, 0.4) is 0 Å². The Balaban J connectivity index is -0.0000000369. The van der Waals surface area contributed by atoms with Gasteiger partial charge >= 0.3 is 129 Å². The minimum absolute atomic E-state index is 0. The molecule has 96 valence electrons. The second kappa shape index (κ2) is 26.0. The molecule has 0 saturated carbocycles. The van der Waals surface area contributed by atoms with Crippen LogP contribution in [0.2, 0.25) is 0 Å². The smallest absolute Gasteiger partial charge is 4.00 e. The van der Waals surface area contributed by atoms with Crippen molar-refractivity contribution >= 4 is 0 Å². The molecule has 0 aliphatic heterocycles. The van der Waals surface area contributed by atoms with Gasteiger partial charge < -0.3 is 0 Å². The number of rotatable bonds is 0. The minimum Gasteiger partial charge on any atom is 4.00 e. The molecule has 0 rings (SSSR count). The van der Waals surface area contributed by atoms with Crippen molar-refractivity contribution in [1.29, 1.82) is 0 Å². The maximum Gasteiger partial charge on any atom is 4.00 e. The van der Waals surface area contributed by atoms with Crippen LogP contribution in [-0.2, 0) is 113 Å². The fourth-order valence-electron chi connectivity index (χ4n) is 0. The van der Waals surface area contributed by atoms with E-state index < -0.39 is 61.6 Å². The van der Waals surface area contributed by atoms with Gasteiger partial charge in [-0.25, -0.2) is 0 Å². The van der Waals surface area contributed by atoms with Crippen molar-refractivity contribution in [3.63, 3.8) is 0 Å². The van der Waals surface area contributed by atoms with E-state index in [1.165, 1.54) is 0 Å². The molecule has 0 aliphatic carbocycles. The predicted molar refractivity (Wildman–Crippen MR) is 5.49 cm³/mol. The first-order chi connectivity index (χ1) is 6.93. The maximum absolute atomic E-state index is 8.56. The Kier molecular flexibility index (Phi) is 47.3. The zero-order valence-corrected chi connectivity index (χ0v) is 14.3. The van der Waals surface area contributed by atoms with Crippen molar-refractivity contribution in [2.24, 2.45) is 0 Å². The first kappa shape index (κ1) is 31.0. The van der Waals surface area contributed by atoms with Gasteiger partial charge in [0.05, 0.1) is 0 Å². The van der Waals surface area contributed by atoms with Crippen LogP contribution in [0.1, 0.15) is 0 Å². The molecule has 0 radical (unpaired) electrons. The Labute approximate surface area is 127 Å². The van der Waals surface area contributed by atoms with Crippen molar-refractivity contribution in [2.45, 2.75) is 0 Å². The third-order valence-corrected chi connectivity index (χ3v) is 0. The summed E-state index contributed by atoms with van der Waals surface area (Å²) in [7, 11) is 0. The quantitative estimate of drug-likeness (QED) is 0.319. The van der Waals surface area contributed by atoms with E-state index in [0.717, 1.165) is 0 Å². The van der Waals surface area contributed by atoms with Crippen molar-refractivity contribution in [2.75, 3.05) is 0 Å². The average molecular weight is 444 g/mol. The molecule has 0 bridgehead atoms. The summed E-state index contributed by atoms with van der Waals surface area (Å²) >= 11 is -15.8. The monoisotopic (exact) mass is 444 g/mol.